The van der Waals surface area contributed by atoms with Crippen LogP contribution in [-0.4, -0.2) is 18.6 Å². The molecule has 0 spiro atoms. The lowest BCUT2D eigenvalue weighted by Crippen LogP contribution is -2.17. The van der Waals surface area contributed by atoms with Crippen LogP contribution in [0.15, 0.2) is 71.3 Å². The summed E-state index contributed by atoms with van der Waals surface area (Å²) in [6.07, 6.45) is 3.07. The molecule has 2 N–H and O–H groups in total. The van der Waals surface area contributed by atoms with Crippen molar-refractivity contribution in [2.24, 2.45) is 0 Å². The number of benzene rings is 3. The average Bonchev–Trinajstić information content (AvgIpc) is 3.19. The molecule has 0 radical (unpaired) electrons. The average molecular weight is 479 g/mol. The molecule has 160 valence electrons. The van der Waals surface area contributed by atoms with Gasteiger partial charge in [-0.1, -0.05) is 64.0 Å². The Kier molecular flexibility index (Phi) is 6.95. The predicted octanol–water partition coefficient (Wildman–Crippen LogP) is 6.16. The van der Waals surface area contributed by atoms with Crippen LogP contribution in [0.5, 0.6) is 11.5 Å². The van der Waals surface area contributed by atoms with E-state index in [9.17, 15) is 0 Å². The molecule has 31 heavy (non-hydrogen) atoms. The van der Waals surface area contributed by atoms with Crippen LogP contribution in [0.25, 0.3) is 10.9 Å². The fraction of sp³-hybridized carbons (Fsp3) is 0.231. The topological polar surface area (TPSA) is 46.3 Å². The summed E-state index contributed by atoms with van der Waals surface area (Å²) in [5.41, 5.74) is 6.02. The molecule has 1 heterocycles. The lowest BCUT2D eigenvalue weighted by Gasteiger charge is -2.15. The molecule has 0 aliphatic rings. The van der Waals surface area contributed by atoms with Gasteiger partial charge >= 0.3 is 0 Å². The first-order valence-corrected chi connectivity index (χ1v) is 11.2. The zero-order chi connectivity index (χ0) is 21.6. The summed E-state index contributed by atoms with van der Waals surface area (Å²) in [5.74, 6) is 1.47. The summed E-state index contributed by atoms with van der Waals surface area (Å²) in [6, 6.07) is 20.8. The van der Waals surface area contributed by atoms with E-state index >= 15 is 0 Å². The van der Waals surface area contributed by atoms with Crippen LogP contribution < -0.4 is 14.8 Å². The zero-order valence-electron chi connectivity index (χ0n) is 17.9. The zero-order valence-corrected chi connectivity index (χ0v) is 19.5. The summed E-state index contributed by atoms with van der Waals surface area (Å²) in [4.78, 5) is 3.34. The smallest absolute Gasteiger partial charge is 0.162 e. The van der Waals surface area contributed by atoms with Gasteiger partial charge in [0.15, 0.2) is 11.5 Å². The summed E-state index contributed by atoms with van der Waals surface area (Å²) in [6.45, 7) is 4.23. The van der Waals surface area contributed by atoms with Crippen molar-refractivity contribution in [3.05, 3.63) is 93.6 Å². The van der Waals surface area contributed by atoms with Crippen LogP contribution in [0.4, 0.5) is 0 Å². The van der Waals surface area contributed by atoms with Crippen molar-refractivity contribution in [3.8, 4) is 11.5 Å². The number of H-pyrrole nitrogens is 1. The highest BCUT2D eigenvalue weighted by atomic mass is 79.9. The number of halogens is 1. The summed E-state index contributed by atoms with van der Waals surface area (Å²) >= 11 is 3.69. The van der Waals surface area contributed by atoms with E-state index in [1.54, 1.807) is 7.11 Å². The minimum absolute atomic E-state index is 0.507. The van der Waals surface area contributed by atoms with Crippen molar-refractivity contribution >= 4 is 26.8 Å². The molecule has 3 aromatic carbocycles. The second-order valence-corrected chi connectivity index (χ2v) is 8.51. The number of nitrogens with one attached hydrogen (secondary N) is 2. The fourth-order valence-corrected chi connectivity index (χ4v) is 4.20. The second-order valence-electron chi connectivity index (χ2n) is 7.66. The van der Waals surface area contributed by atoms with Crippen molar-refractivity contribution in [1.82, 2.24) is 10.3 Å². The number of para-hydroxylation sites is 1. The lowest BCUT2D eigenvalue weighted by atomic mass is 10.1. The molecular weight excluding hydrogens is 452 g/mol. The third-order valence-electron chi connectivity index (χ3n) is 5.37. The summed E-state index contributed by atoms with van der Waals surface area (Å²) in [7, 11) is 1.68. The Morgan fingerprint density at radius 1 is 0.968 bits per heavy atom. The second kappa shape index (κ2) is 10.0. The molecule has 0 aliphatic heterocycles. The number of aromatic nitrogens is 1. The highest BCUT2D eigenvalue weighted by molar-refractivity contribution is 9.10. The number of rotatable bonds is 9. The van der Waals surface area contributed by atoms with Crippen LogP contribution in [0, 0.1) is 6.92 Å². The molecule has 5 heteroatoms. The Bertz CT molecular complexity index is 1170. The Hall–Kier alpha value is -2.76. The van der Waals surface area contributed by atoms with Gasteiger partial charge in [0, 0.05) is 28.1 Å². The number of hydrogen-bond donors (Lipinski definition) is 2. The maximum atomic E-state index is 6.04. The van der Waals surface area contributed by atoms with Crippen molar-refractivity contribution in [2.45, 2.75) is 26.5 Å². The van der Waals surface area contributed by atoms with Crippen molar-refractivity contribution in [3.63, 3.8) is 0 Å². The lowest BCUT2D eigenvalue weighted by molar-refractivity contribution is 0.284. The predicted molar refractivity (Wildman–Crippen MR) is 130 cm³/mol. The number of ether oxygens (including phenoxy) is 2. The molecule has 0 saturated heterocycles. The quantitative estimate of drug-likeness (QED) is 0.283. The molecule has 4 aromatic rings. The largest absolute Gasteiger partial charge is 0.493 e. The van der Waals surface area contributed by atoms with E-state index in [0.29, 0.717) is 6.61 Å². The van der Waals surface area contributed by atoms with Gasteiger partial charge in [-0.15, -0.1) is 0 Å². The van der Waals surface area contributed by atoms with Crippen LogP contribution in [0.2, 0.25) is 0 Å². The van der Waals surface area contributed by atoms with Gasteiger partial charge < -0.3 is 19.8 Å². The minimum atomic E-state index is 0.507. The van der Waals surface area contributed by atoms with E-state index in [1.165, 1.54) is 22.0 Å². The summed E-state index contributed by atoms with van der Waals surface area (Å²) in [5, 5.41) is 4.83. The molecule has 0 amide bonds. The first-order valence-electron chi connectivity index (χ1n) is 10.4. The van der Waals surface area contributed by atoms with Gasteiger partial charge in [-0.3, -0.25) is 0 Å². The Labute approximate surface area is 191 Å². The Morgan fingerprint density at radius 3 is 2.68 bits per heavy atom. The normalized spacial score (nSPS) is 11.1. The highest BCUT2D eigenvalue weighted by Gasteiger charge is 2.11. The Morgan fingerprint density at radius 2 is 1.84 bits per heavy atom. The third kappa shape index (κ3) is 5.30. The number of fused-ring (bicyclic) bond motifs is 1. The van der Waals surface area contributed by atoms with E-state index < -0.39 is 0 Å². The Balaban J connectivity index is 1.36. The number of hydrogen-bond acceptors (Lipinski definition) is 3. The van der Waals surface area contributed by atoms with E-state index in [4.69, 9.17) is 9.47 Å². The molecule has 0 fully saturated rings. The van der Waals surface area contributed by atoms with Crippen LogP contribution >= 0.6 is 15.9 Å². The SMILES string of the molecule is COc1cc(CNCCc2c[nH]c3ccccc23)c(Br)cc1OCc1cccc(C)c1. The number of aryl methyl sites for hydroxylation is 1. The van der Waals surface area contributed by atoms with Crippen LogP contribution in [0.1, 0.15) is 22.3 Å². The van der Waals surface area contributed by atoms with E-state index in [1.807, 2.05) is 18.2 Å². The molecule has 1 aromatic heterocycles. The maximum absolute atomic E-state index is 6.04. The molecule has 4 rings (SSSR count). The van der Waals surface area contributed by atoms with Gasteiger partial charge in [-0.05, 0) is 54.8 Å². The van der Waals surface area contributed by atoms with Gasteiger partial charge in [0.1, 0.15) is 6.61 Å². The highest BCUT2D eigenvalue weighted by Crippen LogP contribution is 2.34. The van der Waals surface area contributed by atoms with Gasteiger partial charge in [0.2, 0.25) is 0 Å². The molecule has 0 saturated carbocycles. The number of aromatic amines is 1. The van der Waals surface area contributed by atoms with E-state index in [-0.39, 0.29) is 0 Å². The molecule has 0 atom stereocenters. The van der Waals surface area contributed by atoms with E-state index in [2.05, 4.69) is 81.8 Å². The first kappa shape index (κ1) is 21.5. The van der Waals surface area contributed by atoms with Crippen LogP contribution in [-0.2, 0) is 19.6 Å². The van der Waals surface area contributed by atoms with Crippen molar-refractivity contribution in [2.75, 3.05) is 13.7 Å². The fourth-order valence-electron chi connectivity index (χ4n) is 3.73. The summed E-state index contributed by atoms with van der Waals surface area (Å²) < 4.78 is 12.6. The molecule has 0 aliphatic carbocycles. The minimum Gasteiger partial charge on any atom is -0.493 e. The molecule has 0 bridgehead atoms. The maximum Gasteiger partial charge on any atom is 0.162 e. The molecule has 0 unspecified atom stereocenters. The standard InChI is InChI=1S/C26H27BrN2O2/c1-18-6-5-7-19(12-18)17-31-26-14-23(27)21(13-25(26)30-2)15-28-11-10-20-16-29-24-9-4-3-8-22(20)24/h3-9,12-14,16,28-29H,10-11,15,17H2,1-2H3. The van der Waals surface area contributed by atoms with Gasteiger partial charge in [-0.25, -0.2) is 0 Å². The van der Waals surface area contributed by atoms with Gasteiger partial charge in [0.25, 0.3) is 0 Å². The van der Waals surface area contributed by atoms with Crippen molar-refractivity contribution < 1.29 is 9.47 Å². The van der Waals surface area contributed by atoms with E-state index in [0.717, 1.165) is 46.6 Å². The molecule has 4 nitrogen and oxygen atoms in total. The van der Waals surface area contributed by atoms with Crippen molar-refractivity contribution in [1.29, 1.82) is 0 Å². The first-order chi connectivity index (χ1) is 15.1. The van der Waals surface area contributed by atoms with Gasteiger partial charge in [0.05, 0.1) is 7.11 Å². The third-order valence-corrected chi connectivity index (χ3v) is 6.11. The number of methoxy groups -OCH3 is 1. The van der Waals surface area contributed by atoms with Gasteiger partial charge in [-0.2, -0.15) is 0 Å². The van der Waals surface area contributed by atoms with Crippen LogP contribution in [0.3, 0.4) is 0 Å². The monoisotopic (exact) mass is 478 g/mol. The molecular formula is C26H27BrN2O2.